The molecule has 0 unspecified atom stereocenters. The highest BCUT2D eigenvalue weighted by molar-refractivity contribution is 5.71. The number of carbonyl (C=O) groups is 1. The van der Waals surface area contributed by atoms with Crippen molar-refractivity contribution in [2.24, 2.45) is 0 Å². The molecule has 0 bridgehead atoms. The Bertz CT molecular complexity index is 443. The summed E-state index contributed by atoms with van der Waals surface area (Å²) in [5.41, 5.74) is -1.37. The van der Waals surface area contributed by atoms with Gasteiger partial charge in [0, 0.05) is 7.11 Å². The van der Waals surface area contributed by atoms with Gasteiger partial charge in [0.05, 0.1) is 13.0 Å². The summed E-state index contributed by atoms with van der Waals surface area (Å²) in [5.74, 6) is -1.72. The van der Waals surface area contributed by atoms with Crippen LogP contribution in [0, 0.1) is 0 Å². The normalized spacial score (nSPS) is 11.4. The molecule has 0 aromatic heterocycles. The maximum absolute atomic E-state index is 13.0. The third-order valence-corrected chi connectivity index (χ3v) is 2.28. The molecule has 106 valence electrons. The number of ether oxygens (including phenoxy) is 2. The van der Waals surface area contributed by atoms with Crippen molar-refractivity contribution >= 4 is 5.97 Å². The zero-order valence-corrected chi connectivity index (χ0v) is 10.2. The first-order chi connectivity index (χ1) is 8.86. The van der Waals surface area contributed by atoms with E-state index in [0.717, 1.165) is 12.1 Å². The number of halogens is 3. The van der Waals surface area contributed by atoms with Gasteiger partial charge in [0.15, 0.2) is 0 Å². The average Bonchev–Trinajstić information content (AvgIpc) is 2.27. The summed E-state index contributed by atoms with van der Waals surface area (Å²) >= 11 is 0. The smallest absolute Gasteiger partial charge is 0.420 e. The van der Waals surface area contributed by atoms with Crippen molar-refractivity contribution in [3.63, 3.8) is 0 Å². The number of hydrogen-bond acceptors (Lipinski definition) is 3. The average molecular weight is 278 g/mol. The molecule has 0 aliphatic carbocycles. The molecule has 0 atom stereocenters. The number of aliphatic carboxylic acids is 1. The van der Waals surface area contributed by atoms with Crippen LogP contribution in [0.15, 0.2) is 18.2 Å². The topological polar surface area (TPSA) is 55.8 Å². The minimum atomic E-state index is -4.67. The molecular formula is C12H13F3O4. The Hall–Kier alpha value is -1.76. The molecule has 1 N–H and O–H groups in total. The first-order valence-electron chi connectivity index (χ1n) is 5.39. The Labute approximate surface area is 107 Å². The number of benzene rings is 1. The maximum atomic E-state index is 13.0. The third kappa shape index (κ3) is 4.44. The molecule has 0 heterocycles. The highest BCUT2D eigenvalue weighted by atomic mass is 19.4. The van der Waals surface area contributed by atoms with Crippen LogP contribution in [0.5, 0.6) is 5.75 Å². The Morgan fingerprint density at radius 1 is 1.32 bits per heavy atom. The van der Waals surface area contributed by atoms with E-state index in [2.05, 4.69) is 4.74 Å². The third-order valence-electron chi connectivity index (χ3n) is 2.28. The Morgan fingerprint density at radius 2 is 2.00 bits per heavy atom. The molecule has 0 aliphatic rings. The molecule has 1 rings (SSSR count). The molecule has 1 aromatic rings. The zero-order valence-electron chi connectivity index (χ0n) is 10.2. The van der Waals surface area contributed by atoms with Gasteiger partial charge in [0.1, 0.15) is 17.9 Å². The Morgan fingerprint density at radius 3 is 2.53 bits per heavy atom. The first-order valence-corrected chi connectivity index (χ1v) is 5.39. The van der Waals surface area contributed by atoms with Gasteiger partial charge < -0.3 is 14.6 Å². The molecule has 0 amide bonds. The number of carboxylic acids is 1. The monoisotopic (exact) mass is 278 g/mol. The van der Waals surface area contributed by atoms with Gasteiger partial charge in [-0.05, 0) is 11.6 Å². The zero-order chi connectivity index (χ0) is 14.5. The summed E-state index contributed by atoms with van der Waals surface area (Å²) < 4.78 is 48.6. The molecule has 7 heteroatoms. The quantitative estimate of drug-likeness (QED) is 0.812. The highest BCUT2D eigenvalue weighted by Gasteiger charge is 2.37. The predicted octanol–water partition coefficient (Wildman–Crippen LogP) is 2.36. The highest BCUT2D eigenvalue weighted by Crippen LogP contribution is 2.39. The maximum Gasteiger partial charge on any atom is 0.420 e. The van der Waals surface area contributed by atoms with Gasteiger partial charge in [0.25, 0.3) is 0 Å². The van der Waals surface area contributed by atoms with Crippen LogP contribution in [-0.4, -0.2) is 31.4 Å². The van der Waals surface area contributed by atoms with Crippen molar-refractivity contribution in [1.29, 1.82) is 0 Å². The lowest BCUT2D eigenvalue weighted by Gasteiger charge is -2.17. The Balaban J connectivity index is 3.11. The number of methoxy groups -OCH3 is 1. The summed E-state index contributed by atoms with van der Waals surface area (Å²) in [6, 6.07) is 3.61. The van der Waals surface area contributed by atoms with Gasteiger partial charge in [-0.25, -0.2) is 0 Å². The molecule has 0 saturated carbocycles. The Kier molecular flexibility index (Phi) is 5.17. The van der Waals surface area contributed by atoms with Crippen LogP contribution in [0.2, 0.25) is 0 Å². The standard InChI is InChI=1S/C12H13F3O4/c1-18-5-6-19-9-4-2-3-8(7-10(16)17)11(9)12(13,14)15/h2-4H,5-7H2,1H3,(H,16,17). The van der Waals surface area contributed by atoms with Gasteiger partial charge in [-0.3, -0.25) is 4.79 Å². The molecule has 1 aromatic carbocycles. The van der Waals surface area contributed by atoms with E-state index in [1.54, 1.807) is 0 Å². The second-order valence-corrected chi connectivity index (χ2v) is 3.70. The van der Waals surface area contributed by atoms with Crippen LogP contribution in [-0.2, 0) is 22.1 Å². The molecule has 0 spiro atoms. The molecule has 0 fully saturated rings. The van der Waals surface area contributed by atoms with E-state index in [9.17, 15) is 18.0 Å². The SMILES string of the molecule is COCCOc1cccc(CC(=O)O)c1C(F)(F)F. The minimum absolute atomic E-state index is 0.0455. The summed E-state index contributed by atoms with van der Waals surface area (Å²) in [6.45, 7) is 0.0938. The molecule has 0 saturated heterocycles. The van der Waals surface area contributed by atoms with Crippen molar-refractivity contribution in [3.8, 4) is 5.75 Å². The fourth-order valence-electron chi connectivity index (χ4n) is 1.56. The van der Waals surface area contributed by atoms with E-state index in [1.807, 2.05) is 0 Å². The fraction of sp³-hybridized carbons (Fsp3) is 0.417. The van der Waals surface area contributed by atoms with E-state index in [4.69, 9.17) is 9.84 Å². The summed E-state index contributed by atoms with van der Waals surface area (Å²) in [4.78, 5) is 10.6. The molecule has 19 heavy (non-hydrogen) atoms. The summed E-state index contributed by atoms with van der Waals surface area (Å²) in [6.07, 6.45) is -5.38. The lowest BCUT2D eigenvalue weighted by molar-refractivity contribution is -0.140. The van der Waals surface area contributed by atoms with Gasteiger partial charge in [-0.1, -0.05) is 12.1 Å². The van der Waals surface area contributed by atoms with Crippen molar-refractivity contribution in [1.82, 2.24) is 0 Å². The van der Waals surface area contributed by atoms with Crippen LogP contribution in [0.4, 0.5) is 13.2 Å². The van der Waals surface area contributed by atoms with Crippen LogP contribution in [0.3, 0.4) is 0 Å². The number of carboxylic acid groups (broad SMARTS) is 1. The van der Waals surface area contributed by atoms with Gasteiger partial charge in [-0.2, -0.15) is 13.2 Å². The first kappa shape index (κ1) is 15.3. The molecule has 0 aliphatic heterocycles. The van der Waals surface area contributed by atoms with Gasteiger partial charge in [-0.15, -0.1) is 0 Å². The fourth-order valence-corrected chi connectivity index (χ4v) is 1.56. The van der Waals surface area contributed by atoms with Crippen molar-refractivity contribution in [2.75, 3.05) is 20.3 Å². The van der Waals surface area contributed by atoms with E-state index >= 15 is 0 Å². The van der Waals surface area contributed by atoms with Crippen molar-refractivity contribution in [3.05, 3.63) is 29.3 Å². The van der Waals surface area contributed by atoms with Crippen LogP contribution >= 0.6 is 0 Å². The largest absolute Gasteiger partial charge is 0.491 e. The molecule has 0 radical (unpaired) electrons. The number of hydrogen-bond donors (Lipinski definition) is 1. The van der Waals surface area contributed by atoms with Crippen LogP contribution in [0.1, 0.15) is 11.1 Å². The predicted molar refractivity (Wildman–Crippen MR) is 60.2 cm³/mol. The molecular weight excluding hydrogens is 265 g/mol. The molecule has 4 nitrogen and oxygen atoms in total. The minimum Gasteiger partial charge on any atom is -0.491 e. The lowest BCUT2D eigenvalue weighted by Crippen LogP contribution is -2.16. The van der Waals surface area contributed by atoms with E-state index in [-0.39, 0.29) is 24.5 Å². The van der Waals surface area contributed by atoms with Crippen LogP contribution in [0.25, 0.3) is 0 Å². The van der Waals surface area contributed by atoms with E-state index in [1.165, 1.54) is 13.2 Å². The van der Waals surface area contributed by atoms with Gasteiger partial charge >= 0.3 is 12.1 Å². The van der Waals surface area contributed by atoms with Crippen LogP contribution < -0.4 is 4.74 Å². The van der Waals surface area contributed by atoms with Crippen molar-refractivity contribution < 1.29 is 32.5 Å². The van der Waals surface area contributed by atoms with Crippen molar-refractivity contribution in [2.45, 2.75) is 12.6 Å². The second-order valence-electron chi connectivity index (χ2n) is 3.70. The summed E-state index contributed by atoms with van der Waals surface area (Å²) in [5, 5.41) is 8.63. The number of rotatable bonds is 6. The van der Waals surface area contributed by atoms with Gasteiger partial charge in [0.2, 0.25) is 0 Å². The second kappa shape index (κ2) is 6.42. The van der Waals surface area contributed by atoms with E-state index < -0.39 is 24.1 Å². The summed E-state index contributed by atoms with van der Waals surface area (Å²) in [7, 11) is 1.40. The van der Waals surface area contributed by atoms with E-state index in [0.29, 0.717) is 0 Å². The number of alkyl halides is 3. The lowest BCUT2D eigenvalue weighted by atomic mass is 10.0.